The number of primary amides is 1. The molecule has 0 aliphatic heterocycles. The lowest BCUT2D eigenvalue weighted by atomic mass is 10.0. The lowest BCUT2D eigenvalue weighted by Crippen LogP contribution is -2.44. The molecule has 1 atom stereocenters. The van der Waals surface area contributed by atoms with Gasteiger partial charge in [-0.15, -0.1) is 0 Å². The summed E-state index contributed by atoms with van der Waals surface area (Å²) in [4.78, 5) is 24.5. The number of hydrogen-bond donors (Lipinski definition) is 2. The highest BCUT2D eigenvalue weighted by Gasteiger charge is 2.20. The highest BCUT2D eigenvalue weighted by molar-refractivity contribution is 5.92. The molecule has 5 heteroatoms. The van der Waals surface area contributed by atoms with Crippen molar-refractivity contribution < 1.29 is 9.59 Å². The van der Waals surface area contributed by atoms with Crippen molar-refractivity contribution in [3.8, 4) is 0 Å². The van der Waals surface area contributed by atoms with Gasteiger partial charge in [-0.3, -0.25) is 9.59 Å². The summed E-state index contributed by atoms with van der Waals surface area (Å²) in [5.74, 6) is -0.445. The van der Waals surface area contributed by atoms with Crippen LogP contribution in [0.5, 0.6) is 0 Å². The first kappa shape index (κ1) is 15.2. The molecule has 4 N–H and O–H groups in total. The zero-order valence-electron chi connectivity index (χ0n) is 11.6. The Morgan fingerprint density at radius 1 is 1.21 bits per heavy atom. The van der Waals surface area contributed by atoms with Gasteiger partial charge in [-0.1, -0.05) is 26.0 Å². The Kier molecular flexibility index (Phi) is 5.06. The fraction of sp³-hybridized carbons (Fsp3) is 0.429. The van der Waals surface area contributed by atoms with Crippen LogP contribution in [0.15, 0.2) is 24.3 Å². The van der Waals surface area contributed by atoms with Crippen molar-refractivity contribution in [3.63, 3.8) is 0 Å². The number of amides is 2. The van der Waals surface area contributed by atoms with Gasteiger partial charge in [-0.2, -0.15) is 0 Å². The molecule has 0 fully saturated rings. The summed E-state index contributed by atoms with van der Waals surface area (Å²) < 4.78 is 0. The molecule has 1 aromatic rings. The SMILES string of the molecule is CC(C)[C@@H](N)C(=O)N(C)Cc1ccc(C(N)=O)cc1. The fourth-order valence-electron chi connectivity index (χ4n) is 1.67. The second-order valence-electron chi connectivity index (χ2n) is 5.03. The molecule has 0 bridgehead atoms. The van der Waals surface area contributed by atoms with Gasteiger partial charge in [0.05, 0.1) is 6.04 Å². The van der Waals surface area contributed by atoms with Crippen molar-refractivity contribution in [3.05, 3.63) is 35.4 Å². The largest absolute Gasteiger partial charge is 0.366 e. The molecule has 0 aliphatic carbocycles. The number of carbonyl (C=O) groups excluding carboxylic acids is 2. The third-order valence-corrected chi connectivity index (χ3v) is 3.04. The van der Waals surface area contributed by atoms with Gasteiger partial charge in [0.2, 0.25) is 11.8 Å². The van der Waals surface area contributed by atoms with Crippen LogP contribution in [0.4, 0.5) is 0 Å². The summed E-state index contributed by atoms with van der Waals surface area (Å²) >= 11 is 0. The molecule has 2 amide bonds. The summed E-state index contributed by atoms with van der Waals surface area (Å²) in [7, 11) is 1.71. The van der Waals surface area contributed by atoms with Crippen molar-refractivity contribution in [2.24, 2.45) is 17.4 Å². The summed E-state index contributed by atoms with van der Waals surface area (Å²) in [5.41, 5.74) is 12.4. The topological polar surface area (TPSA) is 89.4 Å². The lowest BCUT2D eigenvalue weighted by Gasteiger charge is -2.23. The van der Waals surface area contributed by atoms with Crippen LogP contribution in [0.3, 0.4) is 0 Å². The van der Waals surface area contributed by atoms with Crippen molar-refractivity contribution in [1.29, 1.82) is 0 Å². The second kappa shape index (κ2) is 6.33. The van der Waals surface area contributed by atoms with Gasteiger partial charge in [-0.05, 0) is 23.6 Å². The smallest absolute Gasteiger partial charge is 0.248 e. The molecule has 0 aliphatic rings. The molecular weight excluding hydrogens is 242 g/mol. The molecular formula is C14H21N3O2. The molecule has 0 aromatic heterocycles. The van der Waals surface area contributed by atoms with Crippen LogP contribution in [0.1, 0.15) is 29.8 Å². The molecule has 0 saturated heterocycles. The van der Waals surface area contributed by atoms with Crippen LogP contribution in [0.25, 0.3) is 0 Å². The van der Waals surface area contributed by atoms with E-state index < -0.39 is 11.9 Å². The standard InChI is InChI=1S/C14H21N3O2/c1-9(2)12(15)14(19)17(3)8-10-4-6-11(7-5-10)13(16)18/h4-7,9,12H,8,15H2,1-3H3,(H2,16,18)/t12-/m1/s1. The van der Waals surface area contributed by atoms with Crippen LogP contribution >= 0.6 is 0 Å². The monoisotopic (exact) mass is 263 g/mol. The van der Waals surface area contributed by atoms with Crippen LogP contribution in [0.2, 0.25) is 0 Å². The Morgan fingerprint density at radius 3 is 2.16 bits per heavy atom. The maximum Gasteiger partial charge on any atom is 0.248 e. The van der Waals surface area contributed by atoms with E-state index in [9.17, 15) is 9.59 Å². The number of likely N-dealkylation sites (N-methyl/N-ethyl adjacent to an activating group) is 1. The molecule has 0 spiro atoms. The Labute approximate surface area is 113 Å². The van der Waals surface area contributed by atoms with E-state index in [2.05, 4.69) is 0 Å². The molecule has 1 aromatic carbocycles. The van der Waals surface area contributed by atoms with E-state index in [1.54, 1.807) is 36.2 Å². The van der Waals surface area contributed by atoms with Gasteiger partial charge in [0, 0.05) is 19.2 Å². The summed E-state index contributed by atoms with van der Waals surface area (Å²) in [5, 5.41) is 0. The number of rotatable bonds is 5. The molecule has 1 rings (SSSR count). The Hall–Kier alpha value is -1.88. The summed E-state index contributed by atoms with van der Waals surface area (Å²) in [6, 6.07) is 6.38. The number of benzene rings is 1. The van der Waals surface area contributed by atoms with Crippen LogP contribution in [-0.2, 0) is 11.3 Å². The third kappa shape index (κ3) is 4.06. The molecule has 5 nitrogen and oxygen atoms in total. The lowest BCUT2D eigenvalue weighted by molar-refractivity contribution is -0.132. The van der Waals surface area contributed by atoms with E-state index in [1.807, 2.05) is 13.8 Å². The molecule has 0 unspecified atom stereocenters. The first-order valence-electron chi connectivity index (χ1n) is 6.22. The van der Waals surface area contributed by atoms with Crippen molar-refractivity contribution >= 4 is 11.8 Å². The Bertz CT molecular complexity index is 454. The predicted octanol–water partition coefficient (Wildman–Crippen LogP) is 0.727. The summed E-state index contributed by atoms with van der Waals surface area (Å²) in [6.45, 7) is 4.29. The van der Waals surface area contributed by atoms with Gasteiger partial charge in [-0.25, -0.2) is 0 Å². The van der Waals surface area contributed by atoms with E-state index >= 15 is 0 Å². The van der Waals surface area contributed by atoms with Gasteiger partial charge in [0.15, 0.2) is 0 Å². The maximum absolute atomic E-state index is 12.0. The van der Waals surface area contributed by atoms with E-state index in [0.29, 0.717) is 12.1 Å². The van der Waals surface area contributed by atoms with E-state index in [1.165, 1.54) is 0 Å². The van der Waals surface area contributed by atoms with Gasteiger partial charge in [0.1, 0.15) is 0 Å². The maximum atomic E-state index is 12.0. The van der Waals surface area contributed by atoms with Gasteiger partial charge in [0.25, 0.3) is 0 Å². The quantitative estimate of drug-likeness (QED) is 0.820. The highest BCUT2D eigenvalue weighted by Crippen LogP contribution is 2.09. The Morgan fingerprint density at radius 2 is 1.74 bits per heavy atom. The van der Waals surface area contributed by atoms with Gasteiger partial charge < -0.3 is 16.4 Å². The second-order valence-corrected chi connectivity index (χ2v) is 5.03. The average Bonchev–Trinajstić information content (AvgIpc) is 2.37. The summed E-state index contributed by atoms with van der Waals surface area (Å²) in [6.07, 6.45) is 0. The average molecular weight is 263 g/mol. The van der Waals surface area contributed by atoms with Crippen LogP contribution in [-0.4, -0.2) is 29.8 Å². The van der Waals surface area contributed by atoms with Crippen molar-refractivity contribution in [1.82, 2.24) is 4.90 Å². The number of carbonyl (C=O) groups is 2. The highest BCUT2D eigenvalue weighted by atomic mass is 16.2. The Balaban J connectivity index is 2.69. The zero-order valence-corrected chi connectivity index (χ0v) is 11.6. The minimum atomic E-state index is -0.491. The first-order valence-corrected chi connectivity index (χ1v) is 6.22. The molecule has 0 heterocycles. The van der Waals surface area contributed by atoms with Gasteiger partial charge >= 0.3 is 0 Å². The normalized spacial score (nSPS) is 12.3. The number of hydrogen-bond acceptors (Lipinski definition) is 3. The van der Waals surface area contributed by atoms with E-state index in [4.69, 9.17) is 11.5 Å². The first-order chi connectivity index (χ1) is 8.82. The minimum absolute atomic E-state index is 0.0889. The van der Waals surface area contributed by atoms with E-state index in [0.717, 1.165) is 5.56 Å². The molecule has 104 valence electrons. The van der Waals surface area contributed by atoms with E-state index in [-0.39, 0.29) is 11.8 Å². The molecule has 0 saturated carbocycles. The molecule has 19 heavy (non-hydrogen) atoms. The third-order valence-electron chi connectivity index (χ3n) is 3.04. The van der Waals surface area contributed by atoms with Crippen molar-refractivity contribution in [2.75, 3.05) is 7.05 Å². The number of nitrogens with two attached hydrogens (primary N) is 2. The number of nitrogens with zero attached hydrogens (tertiary/aromatic N) is 1. The van der Waals surface area contributed by atoms with Crippen LogP contribution < -0.4 is 11.5 Å². The van der Waals surface area contributed by atoms with Crippen LogP contribution in [0, 0.1) is 5.92 Å². The predicted molar refractivity (Wildman–Crippen MR) is 74.2 cm³/mol. The fourth-order valence-corrected chi connectivity index (χ4v) is 1.67. The minimum Gasteiger partial charge on any atom is -0.366 e. The zero-order chi connectivity index (χ0) is 14.6. The molecule has 0 radical (unpaired) electrons. The van der Waals surface area contributed by atoms with Crippen molar-refractivity contribution in [2.45, 2.75) is 26.4 Å².